The van der Waals surface area contributed by atoms with Gasteiger partial charge in [0.15, 0.2) is 23.0 Å². The second-order valence-corrected chi connectivity index (χ2v) is 4.71. The highest BCUT2D eigenvalue weighted by Crippen LogP contribution is 2.29. The molecule has 5 rings (SSSR count). The van der Waals surface area contributed by atoms with Crippen molar-refractivity contribution in [3.05, 3.63) is 48.5 Å². The number of rotatable bonds is 0. The number of hydrogen-bond acceptors (Lipinski definition) is 3. The zero-order chi connectivity index (χ0) is 12.4. The summed E-state index contributed by atoms with van der Waals surface area (Å²) in [5, 5.41) is 0. The van der Waals surface area contributed by atoms with Gasteiger partial charge in [0.05, 0.1) is 6.20 Å². The first kappa shape index (κ1) is 9.27. The third-order valence-corrected chi connectivity index (χ3v) is 3.63. The fraction of sp³-hybridized carbons (Fsp3) is 0.0714. The monoisotopic (exact) mass is 249 g/mol. The van der Waals surface area contributed by atoms with Gasteiger partial charge in [-0.1, -0.05) is 6.07 Å². The maximum absolute atomic E-state index is 5.82. The second kappa shape index (κ2) is 3.00. The predicted molar refractivity (Wildman–Crippen MR) is 67.5 cm³/mol. The smallest absolute Gasteiger partial charge is 0.336 e. The highest BCUT2D eigenvalue weighted by atomic mass is 16.3. The molecule has 5 nitrogen and oxygen atoms in total. The molecule has 0 amide bonds. The topological polar surface area (TPSA) is 47.2 Å². The Labute approximate surface area is 107 Å². The lowest BCUT2D eigenvalue weighted by Gasteiger charge is -1.91. The van der Waals surface area contributed by atoms with Crippen LogP contribution in [0.2, 0.25) is 0 Å². The minimum Gasteiger partial charge on any atom is -0.414 e. The number of fused-ring (bicyclic) bond motifs is 7. The Hall–Kier alpha value is -2.69. The summed E-state index contributed by atoms with van der Waals surface area (Å²) in [5.41, 5.74) is 4.93. The van der Waals surface area contributed by atoms with Crippen LogP contribution in [0.5, 0.6) is 0 Å². The van der Waals surface area contributed by atoms with Crippen LogP contribution in [0.1, 0.15) is 5.56 Å². The third kappa shape index (κ3) is 1.03. The molecule has 0 N–H and O–H groups in total. The second-order valence-electron chi connectivity index (χ2n) is 4.71. The average molecular weight is 249 g/mol. The van der Waals surface area contributed by atoms with Crippen molar-refractivity contribution in [3.8, 4) is 11.5 Å². The minimum atomic E-state index is 0.797. The molecule has 5 heteroatoms. The van der Waals surface area contributed by atoms with Crippen molar-refractivity contribution >= 4 is 16.8 Å². The van der Waals surface area contributed by atoms with Crippen LogP contribution in [-0.2, 0) is 6.54 Å². The van der Waals surface area contributed by atoms with Crippen LogP contribution >= 0.6 is 0 Å². The number of nitrogens with zero attached hydrogens (tertiary/aromatic N) is 4. The normalized spacial score (nSPS) is 13.1. The lowest BCUT2D eigenvalue weighted by Crippen LogP contribution is -2.29. The number of imidazole rings is 1. The van der Waals surface area contributed by atoms with E-state index in [1.165, 1.54) is 5.56 Å². The van der Waals surface area contributed by atoms with E-state index in [1.54, 1.807) is 12.4 Å². The van der Waals surface area contributed by atoms with E-state index in [-0.39, 0.29) is 0 Å². The van der Waals surface area contributed by atoms with Crippen LogP contribution in [0.25, 0.3) is 28.3 Å². The lowest BCUT2D eigenvalue weighted by atomic mass is 10.2. The first-order chi connectivity index (χ1) is 9.42. The van der Waals surface area contributed by atoms with Crippen molar-refractivity contribution in [1.29, 1.82) is 0 Å². The van der Waals surface area contributed by atoms with Crippen LogP contribution in [0.4, 0.5) is 0 Å². The van der Waals surface area contributed by atoms with Gasteiger partial charge in [0.2, 0.25) is 0 Å². The molecular formula is C14H9N4O+. The van der Waals surface area contributed by atoms with Crippen LogP contribution in [0.3, 0.4) is 0 Å². The molecule has 0 atom stereocenters. The van der Waals surface area contributed by atoms with Gasteiger partial charge in [0, 0.05) is 24.0 Å². The highest BCUT2D eigenvalue weighted by Gasteiger charge is 2.33. The van der Waals surface area contributed by atoms with E-state index in [4.69, 9.17) is 4.42 Å². The van der Waals surface area contributed by atoms with Crippen LogP contribution in [0, 0.1) is 0 Å². The molecule has 19 heavy (non-hydrogen) atoms. The van der Waals surface area contributed by atoms with Gasteiger partial charge in [-0.3, -0.25) is 4.98 Å². The highest BCUT2D eigenvalue weighted by molar-refractivity contribution is 5.78. The molecule has 0 spiro atoms. The Morgan fingerprint density at radius 3 is 3.26 bits per heavy atom. The number of pyridine rings is 2. The molecule has 4 aromatic heterocycles. The van der Waals surface area contributed by atoms with E-state index in [9.17, 15) is 0 Å². The van der Waals surface area contributed by atoms with Crippen molar-refractivity contribution in [2.45, 2.75) is 6.54 Å². The van der Waals surface area contributed by atoms with Gasteiger partial charge < -0.3 is 4.42 Å². The molecule has 0 fully saturated rings. The summed E-state index contributed by atoms with van der Waals surface area (Å²) >= 11 is 0. The van der Waals surface area contributed by atoms with Gasteiger partial charge >= 0.3 is 11.5 Å². The SMILES string of the molecule is c1cnc2c(c1)C[n+]1cc3oc4cnccc4n3c1-2. The van der Waals surface area contributed by atoms with Crippen molar-refractivity contribution in [2.75, 3.05) is 0 Å². The Balaban J connectivity index is 2.00. The summed E-state index contributed by atoms with van der Waals surface area (Å²) in [6, 6.07) is 6.06. The van der Waals surface area contributed by atoms with Gasteiger partial charge in [0.25, 0.3) is 0 Å². The Morgan fingerprint density at radius 2 is 2.26 bits per heavy atom. The zero-order valence-corrected chi connectivity index (χ0v) is 9.95. The van der Waals surface area contributed by atoms with Crippen LogP contribution in [0.15, 0.2) is 47.4 Å². The van der Waals surface area contributed by atoms with Crippen molar-refractivity contribution in [2.24, 2.45) is 0 Å². The van der Waals surface area contributed by atoms with Gasteiger partial charge in [-0.2, -0.15) is 4.40 Å². The molecule has 0 unspecified atom stereocenters. The first-order valence-electron chi connectivity index (χ1n) is 6.13. The number of aromatic nitrogens is 4. The molecule has 1 aliphatic heterocycles. The summed E-state index contributed by atoms with van der Waals surface area (Å²) in [5.74, 6) is 1.08. The Bertz CT molecular complexity index is 951. The van der Waals surface area contributed by atoms with Gasteiger partial charge in [-0.25, -0.2) is 9.55 Å². The molecule has 0 radical (unpaired) electrons. The average Bonchev–Trinajstić information content (AvgIpc) is 3.04. The van der Waals surface area contributed by atoms with Gasteiger partial charge in [-0.05, 0) is 6.07 Å². The summed E-state index contributed by atoms with van der Waals surface area (Å²) in [6.45, 7) is 0.849. The molecule has 0 aliphatic carbocycles. The summed E-state index contributed by atoms with van der Waals surface area (Å²) in [6.07, 6.45) is 7.38. The van der Waals surface area contributed by atoms with Crippen LogP contribution in [-0.4, -0.2) is 14.4 Å². The fourth-order valence-electron chi connectivity index (χ4n) is 2.85. The Morgan fingerprint density at radius 1 is 1.26 bits per heavy atom. The first-order valence-corrected chi connectivity index (χ1v) is 6.13. The third-order valence-electron chi connectivity index (χ3n) is 3.63. The molecule has 90 valence electrons. The number of oxazole rings is 1. The van der Waals surface area contributed by atoms with E-state index in [0.29, 0.717) is 0 Å². The van der Waals surface area contributed by atoms with E-state index in [2.05, 4.69) is 25.0 Å². The molecular weight excluding hydrogens is 240 g/mol. The quantitative estimate of drug-likeness (QED) is 0.393. The molecule has 0 saturated heterocycles. The number of hydrogen-bond donors (Lipinski definition) is 0. The van der Waals surface area contributed by atoms with Crippen LogP contribution < -0.4 is 4.57 Å². The van der Waals surface area contributed by atoms with E-state index < -0.39 is 0 Å². The summed E-state index contributed by atoms with van der Waals surface area (Å²) in [4.78, 5) is 8.61. The van der Waals surface area contributed by atoms with E-state index in [1.807, 2.05) is 24.5 Å². The Kier molecular flexibility index (Phi) is 1.46. The van der Waals surface area contributed by atoms with Gasteiger partial charge in [-0.15, -0.1) is 0 Å². The minimum absolute atomic E-state index is 0.797. The maximum atomic E-state index is 5.82. The lowest BCUT2D eigenvalue weighted by molar-refractivity contribution is -0.670. The fourth-order valence-corrected chi connectivity index (χ4v) is 2.85. The summed E-state index contributed by atoms with van der Waals surface area (Å²) < 4.78 is 10.1. The van der Waals surface area contributed by atoms with E-state index >= 15 is 0 Å². The van der Waals surface area contributed by atoms with Gasteiger partial charge in [0.1, 0.15) is 6.54 Å². The molecule has 5 heterocycles. The zero-order valence-electron chi connectivity index (χ0n) is 9.95. The largest absolute Gasteiger partial charge is 0.414 e. The molecule has 0 bridgehead atoms. The molecule has 0 saturated carbocycles. The van der Waals surface area contributed by atoms with Crippen molar-refractivity contribution < 1.29 is 8.98 Å². The molecule has 4 aromatic rings. The van der Waals surface area contributed by atoms with Crippen molar-refractivity contribution in [1.82, 2.24) is 14.4 Å². The molecule has 0 aromatic carbocycles. The van der Waals surface area contributed by atoms with Crippen molar-refractivity contribution in [3.63, 3.8) is 0 Å². The predicted octanol–water partition coefficient (Wildman–Crippen LogP) is 1.79. The van der Waals surface area contributed by atoms with E-state index in [0.717, 1.165) is 34.9 Å². The standard InChI is InChI=1S/C14H9N4O/c1-2-9-7-17-8-12-18(14(17)13(9)16-4-1)10-3-5-15-6-11(10)19-12/h1-6,8H,7H2/q+1. The maximum Gasteiger partial charge on any atom is 0.336 e. The molecule has 1 aliphatic rings. The summed E-state index contributed by atoms with van der Waals surface area (Å²) in [7, 11) is 0.